The summed E-state index contributed by atoms with van der Waals surface area (Å²) in [7, 11) is 4.82. The fraction of sp³-hybridized carbons (Fsp3) is 0.737. The summed E-state index contributed by atoms with van der Waals surface area (Å²) in [4.78, 5) is 56.1. The van der Waals surface area contributed by atoms with Gasteiger partial charge in [-0.2, -0.15) is 0 Å². The Kier molecular flexibility index (Phi) is 8.11. The fourth-order valence-electron chi connectivity index (χ4n) is 13.2. The molecular weight excluding hydrogens is 660 g/mol. The minimum absolute atomic E-state index is 0.0493. The highest BCUT2D eigenvalue weighted by Crippen LogP contribution is 2.80. The van der Waals surface area contributed by atoms with Crippen molar-refractivity contribution >= 4 is 29.4 Å². The minimum Gasteiger partial charge on any atom is -0.462 e. The zero-order valence-electron chi connectivity index (χ0n) is 30.2. The Hall–Kier alpha value is -2.94. The van der Waals surface area contributed by atoms with Gasteiger partial charge >= 0.3 is 11.9 Å². The molecule has 1 spiro atoms. The normalized spacial score (nSPS) is 46.4. The smallest absolute Gasteiger partial charge is 0.340 e. The average Bonchev–Trinajstić information content (AvgIpc) is 3.64. The summed E-state index contributed by atoms with van der Waals surface area (Å²) in [6, 6.07) is 5.85. The van der Waals surface area contributed by atoms with Crippen LogP contribution >= 0.6 is 0 Å². The molecule has 278 valence electrons. The minimum atomic E-state index is -1.82. The van der Waals surface area contributed by atoms with E-state index in [0.29, 0.717) is 32.4 Å². The van der Waals surface area contributed by atoms with Gasteiger partial charge in [0.1, 0.15) is 17.3 Å². The number of ether oxygens (including phenoxy) is 5. The molecule has 13 heteroatoms. The number of hydrogen-bond donors (Lipinski definition) is 2. The lowest BCUT2D eigenvalue weighted by atomic mass is 9.42. The van der Waals surface area contributed by atoms with E-state index in [1.165, 1.54) is 6.92 Å². The number of nitrogens with zero attached hydrogens (tertiary/aromatic N) is 2. The quantitative estimate of drug-likeness (QED) is 0.284. The molecule has 1 aromatic rings. The summed E-state index contributed by atoms with van der Waals surface area (Å²) < 4.78 is 31.1. The van der Waals surface area contributed by atoms with E-state index >= 15 is 0 Å². The number of aliphatic hydroxyl groups is 2. The molecule has 0 radical (unpaired) electrons. The van der Waals surface area contributed by atoms with E-state index in [-0.39, 0.29) is 60.5 Å². The maximum atomic E-state index is 14.1. The number of carbonyl (C=O) groups excluding carboxylic acids is 4. The molecule has 8 rings (SSSR count). The van der Waals surface area contributed by atoms with Crippen molar-refractivity contribution in [3.05, 3.63) is 29.8 Å². The van der Waals surface area contributed by atoms with Gasteiger partial charge in [0.2, 0.25) is 11.8 Å². The van der Waals surface area contributed by atoms with Gasteiger partial charge in [0.25, 0.3) is 0 Å². The van der Waals surface area contributed by atoms with E-state index in [0.717, 1.165) is 4.90 Å². The van der Waals surface area contributed by atoms with Crippen LogP contribution in [0.15, 0.2) is 24.3 Å². The number of likely N-dealkylation sites (N-methyl/N-ethyl adjacent to an activating group) is 1. The summed E-state index contributed by atoms with van der Waals surface area (Å²) in [6.07, 6.45) is -0.410. The van der Waals surface area contributed by atoms with Crippen LogP contribution in [0.4, 0.5) is 5.69 Å². The molecular formula is C38H50N2O11. The Morgan fingerprint density at radius 1 is 1.06 bits per heavy atom. The Bertz CT molecular complexity index is 1650. The summed E-state index contributed by atoms with van der Waals surface area (Å²) in [6.45, 7) is 6.02. The molecule has 1 aromatic carbocycles. The molecule has 5 aliphatic carbocycles. The van der Waals surface area contributed by atoms with E-state index in [2.05, 4.69) is 4.90 Å². The highest BCUT2D eigenvalue weighted by Gasteiger charge is 2.92. The number of para-hydroxylation sites is 1. The Morgan fingerprint density at radius 3 is 2.43 bits per heavy atom. The predicted molar refractivity (Wildman–Crippen MR) is 179 cm³/mol. The van der Waals surface area contributed by atoms with Gasteiger partial charge in [-0.25, -0.2) is 9.69 Å². The highest BCUT2D eigenvalue weighted by molar-refractivity contribution is 6.22. The third-order valence-electron chi connectivity index (χ3n) is 14.6. The van der Waals surface area contributed by atoms with Gasteiger partial charge in [-0.3, -0.25) is 19.3 Å². The molecule has 2 heterocycles. The van der Waals surface area contributed by atoms with Crippen LogP contribution in [0.5, 0.6) is 0 Å². The molecule has 0 aromatic heterocycles. The van der Waals surface area contributed by atoms with Crippen LogP contribution in [0.1, 0.15) is 63.2 Å². The fourth-order valence-corrected chi connectivity index (χ4v) is 13.2. The summed E-state index contributed by atoms with van der Waals surface area (Å²) >= 11 is 0. The number of methoxy groups -OCH3 is 3. The van der Waals surface area contributed by atoms with Crippen LogP contribution in [0.3, 0.4) is 0 Å². The number of hydrogen-bond acceptors (Lipinski definition) is 12. The second-order valence-electron chi connectivity index (χ2n) is 16.3. The zero-order valence-corrected chi connectivity index (χ0v) is 30.2. The second-order valence-corrected chi connectivity index (χ2v) is 16.3. The lowest BCUT2D eigenvalue weighted by Crippen LogP contribution is -2.82. The highest BCUT2D eigenvalue weighted by atomic mass is 16.6. The van der Waals surface area contributed by atoms with Crippen LogP contribution in [0.2, 0.25) is 0 Å². The number of imide groups is 1. The van der Waals surface area contributed by atoms with Crippen molar-refractivity contribution in [1.29, 1.82) is 0 Å². The Labute approximate surface area is 297 Å². The molecule has 5 saturated carbocycles. The number of benzene rings is 1. The van der Waals surface area contributed by atoms with Gasteiger partial charge in [0.05, 0.1) is 42.2 Å². The van der Waals surface area contributed by atoms with E-state index in [1.807, 2.05) is 6.92 Å². The Balaban J connectivity index is 1.25. The molecule has 1 unspecified atom stereocenters. The lowest BCUT2D eigenvalue weighted by Gasteiger charge is -2.69. The first-order valence-corrected chi connectivity index (χ1v) is 18.4. The molecule has 13 nitrogen and oxygen atoms in total. The molecule has 2 N–H and O–H groups in total. The average molecular weight is 711 g/mol. The number of anilines is 1. The van der Waals surface area contributed by atoms with Crippen molar-refractivity contribution in [2.75, 3.05) is 45.9 Å². The number of fused-ring (bicyclic) bond motifs is 2. The molecule has 7 aliphatic rings. The molecule has 2 amide bonds. The topological polar surface area (TPSA) is 161 Å². The first kappa shape index (κ1) is 35.1. The van der Waals surface area contributed by atoms with Crippen molar-refractivity contribution in [1.82, 2.24) is 4.90 Å². The number of rotatable bonds is 9. The van der Waals surface area contributed by atoms with E-state index in [4.69, 9.17) is 23.7 Å². The van der Waals surface area contributed by atoms with Crippen molar-refractivity contribution in [3.63, 3.8) is 0 Å². The van der Waals surface area contributed by atoms with Crippen LogP contribution in [0, 0.1) is 40.4 Å². The first-order valence-electron chi connectivity index (χ1n) is 18.4. The molecule has 51 heavy (non-hydrogen) atoms. The second kappa shape index (κ2) is 11.8. The summed E-state index contributed by atoms with van der Waals surface area (Å²) in [5.41, 5.74) is -4.83. The molecule has 2 saturated heterocycles. The van der Waals surface area contributed by atoms with Crippen molar-refractivity contribution < 1.29 is 53.1 Å². The number of esters is 2. The van der Waals surface area contributed by atoms with Crippen LogP contribution in [-0.2, 0) is 38.1 Å². The summed E-state index contributed by atoms with van der Waals surface area (Å²) in [5, 5.41) is 26.7. The third kappa shape index (κ3) is 4.19. The largest absolute Gasteiger partial charge is 0.462 e. The monoisotopic (exact) mass is 710 g/mol. The Morgan fingerprint density at radius 2 is 1.80 bits per heavy atom. The van der Waals surface area contributed by atoms with Gasteiger partial charge in [0, 0.05) is 82.1 Å². The maximum Gasteiger partial charge on any atom is 0.340 e. The van der Waals surface area contributed by atoms with Gasteiger partial charge in [-0.05, 0) is 43.9 Å². The van der Waals surface area contributed by atoms with E-state index < -0.39 is 76.1 Å². The SMILES string of the molecule is CCN1C[C@]2(COC(=O)c3ccccc3N3C(=O)C[C@H](C)C3=O)CCC(OC(C)=O)[C@@]34[C@@H]5C[C@H]6[C@H](OC)[C@@H]5[C@](O)(C[C@@H]6OC)[C@](O)([C@@H](OC)[C@H]23)[C@@H]14. The number of piperidine rings is 1. The van der Waals surface area contributed by atoms with E-state index in [1.54, 1.807) is 52.5 Å². The van der Waals surface area contributed by atoms with Crippen molar-refractivity contribution in [3.8, 4) is 0 Å². The third-order valence-corrected chi connectivity index (χ3v) is 14.6. The van der Waals surface area contributed by atoms with Gasteiger partial charge < -0.3 is 33.9 Å². The predicted octanol–water partition coefficient (Wildman–Crippen LogP) is 1.95. The molecule has 14 atom stereocenters. The maximum absolute atomic E-state index is 14.1. The van der Waals surface area contributed by atoms with Gasteiger partial charge in [-0.15, -0.1) is 0 Å². The van der Waals surface area contributed by atoms with Gasteiger partial charge in [0.15, 0.2) is 0 Å². The van der Waals surface area contributed by atoms with Crippen LogP contribution in [0.25, 0.3) is 0 Å². The van der Waals surface area contributed by atoms with Crippen molar-refractivity contribution in [2.24, 2.45) is 40.4 Å². The molecule has 7 bridgehead atoms. The zero-order chi connectivity index (χ0) is 36.4. The van der Waals surface area contributed by atoms with Crippen LogP contribution in [-0.4, -0.2) is 122 Å². The number of likely N-dealkylation sites (tertiary alicyclic amines) is 1. The summed E-state index contributed by atoms with van der Waals surface area (Å²) in [5.74, 6) is -3.56. The van der Waals surface area contributed by atoms with Crippen molar-refractivity contribution in [2.45, 2.75) is 94.5 Å². The lowest BCUT2D eigenvalue weighted by molar-refractivity contribution is -0.319. The van der Waals surface area contributed by atoms with E-state index in [9.17, 15) is 29.4 Å². The first-order chi connectivity index (χ1) is 24.3. The molecule has 7 fully saturated rings. The standard InChI is InChI=1S/C38H50N2O11/c1-7-39-17-35(18-50-33(44)21-10-8-9-11-24(21)40-27(42)14-19(2)32(40)43)13-12-26(51-20(3)41)37-23-15-22-25(47-4)16-36(45,28(23)29(22)48-5)38(46,34(37)39)31(49-6)30(35)37/h8-11,19,22-23,25-26,28-31,34,45-46H,7,12-18H2,1-6H3/t19-,22+,23+,25-,26?,28+,29-,30+,31-,34-,35-,36+,37-,38-/m0/s1. The number of carbonyl (C=O) groups is 4. The van der Waals surface area contributed by atoms with Gasteiger partial charge in [-0.1, -0.05) is 26.0 Å². The number of amides is 2. The van der Waals surface area contributed by atoms with Crippen LogP contribution < -0.4 is 4.90 Å². The molecule has 2 aliphatic heterocycles.